The second-order valence-electron chi connectivity index (χ2n) is 6.08. The predicted octanol–water partition coefficient (Wildman–Crippen LogP) is 0.663. The van der Waals surface area contributed by atoms with Gasteiger partial charge in [-0.2, -0.15) is 5.10 Å². The lowest BCUT2D eigenvalue weighted by Gasteiger charge is -2.36. The molecule has 7 heteroatoms. The van der Waals surface area contributed by atoms with E-state index in [0.717, 1.165) is 37.7 Å². The van der Waals surface area contributed by atoms with Gasteiger partial charge in [-0.05, 0) is 25.3 Å². The predicted molar refractivity (Wildman–Crippen MR) is 89.4 cm³/mol. The van der Waals surface area contributed by atoms with Crippen LogP contribution in [0.2, 0.25) is 0 Å². The number of hydrogen-bond acceptors (Lipinski definition) is 5. The second kappa shape index (κ2) is 6.95. The third-order valence-electron chi connectivity index (χ3n) is 4.45. The molecule has 1 aliphatic heterocycles. The van der Waals surface area contributed by atoms with Crippen LogP contribution in [-0.2, 0) is 20.6 Å². The van der Waals surface area contributed by atoms with E-state index in [1.54, 1.807) is 13.1 Å². The van der Waals surface area contributed by atoms with Gasteiger partial charge in [0.05, 0.1) is 6.54 Å². The molecular weight excluding hydrogens is 292 g/mol. The number of hydrogen-bond donors (Lipinski definition) is 1. The molecule has 1 unspecified atom stereocenters. The van der Waals surface area contributed by atoms with E-state index in [2.05, 4.69) is 20.3 Å². The third kappa shape index (κ3) is 3.61. The van der Waals surface area contributed by atoms with Gasteiger partial charge >= 0.3 is 0 Å². The van der Waals surface area contributed by atoms with Crippen LogP contribution in [-0.4, -0.2) is 38.5 Å². The molecule has 3 heterocycles. The lowest BCUT2D eigenvalue weighted by Crippen LogP contribution is -2.46. The second-order valence-corrected chi connectivity index (χ2v) is 6.08. The molecule has 0 aromatic carbocycles. The van der Waals surface area contributed by atoms with E-state index in [1.807, 2.05) is 30.1 Å². The van der Waals surface area contributed by atoms with Gasteiger partial charge in [-0.1, -0.05) is 0 Å². The van der Waals surface area contributed by atoms with Crippen molar-refractivity contribution in [1.82, 2.24) is 24.6 Å². The summed E-state index contributed by atoms with van der Waals surface area (Å²) in [5, 5.41) is 7.91. The van der Waals surface area contributed by atoms with Gasteiger partial charge in [0, 0.05) is 51.7 Å². The molecule has 1 fully saturated rings. The summed E-state index contributed by atoms with van der Waals surface area (Å²) < 4.78 is 3.43. The Morgan fingerprint density at radius 1 is 1.30 bits per heavy atom. The molecule has 1 saturated heterocycles. The van der Waals surface area contributed by atoms with Crippen LogP contribution in [0.25, 0.3) is 0 Å². The SMILES string of the molecule is Cn1ccnc1CNCC1CCCCN1c1ccc(=O)n(C)n1. The summed E-state index contributed by atoms with van der Waals surface area (Å²) in [6.07, 6.45) is 7.31. The molecule has 1 aliphatic rings. The maximum atomic E-state index is 11.5. The molecular formula is C16H24N6O. The average Bonchev–Trinajstić information content (AvgIpc) is 2.96. The number of piperidine rings is 1. The largest absolute Gasteiger partial charge is 0.351 e. The molecule has 0 amide bonds. The van der Waals surface area contributed by atoms with Crippen LogP contribution in [0, 0.1) is 0 Å². The Labute approximate surface area is 135 Å². The van der Waals surface area contributed by atoms with Crippen LogP contribution in [0.15, 0.2) is 29.3 Å². The van der Waals surface area contributed by atoms with Crippen LogP contribution in [0.4, 0.5) is 5.82 Å². The summed E-state index contributed by atoms with van der Waals surface area (Å²) >= 11 is 0. The van der Waals surface area contributed by atoms with Crippen LogP contribution < -0.4 is 15.8 Å². The Hall–Kier alpha value is -2.15. The molecule has 2 aromatic heterocycles. The number of anilines is 1. The van der Waals surface area contributed by atoms with Crippen molar-refractivity contribution in [3.05, 3.63) is 40.7 Å². The fourth-order valence-corrected chi connectivity index (χ4v) is 3.07. The van der Waals surface area contributed by atoms with Gasteiger partial charge in [0.1, 0.15) is 11.6 Å². The molecule has 0 spiro atoms. The zero-order chi connectivity index (χ0) is 16.2. The highest BCUT2D eigenvalue weighted by Gasteiger charge is 2.23. The van der Waals surface area contributed by atoms with E-state index in [1.165, 1.54) is 17.5 Å². The van der Waals surface area contributed by atoms with Crippen molar-refractivity contribution >= 4 is 5.82 Å². The molecule has 2 aromatic rings. The van der Waals surface area contributed by atoms with Gasteiger partial charge in [0.15, 0.2) is 0 Å². The van der Waals surface area contributed by atoms with Crippen LogP contribution in [0.5, 0.6) is 0 Å². The zero-order valence-corrected chi connectivity index (χ0v) is 13.8. The Bertz CT molecular complexity index is 707. The number of imidazole rings is 1. The molecule has 1 atom stereocenters. The van der Waals surface area contributed by atoms with Gasteiger partial charge in [-0.15, -0.1) is 0 Å². The van der Waals surface area contributed by atoms with Crippen molar-refractivity contribution in [1.29, 1.82) is 0 Å². The minimum Gasteiger partial charge on any atom is -0.351 e. The lowest BCUT2D eigenvalue weighted by atomic mass is 10.0. The lowest BCUT2D eigenvalue weighted by molar-refractivity contribution is 0.426. The highest BCUT2D eigenvalue weighted by molar-refractivity contribution is 5.38. The molecule has 1 N–H and O–H groups in total. The topological polar surface area (TPSA) is 68.0 Å². The minimum absolute atomic E-state index is 0.0739. The first-order valence-corrected chi connectivity index (χ1v) is 8.13. The smallest absolute Gasteiger partial charge is 0.266 e. The minimum atomic E-state index is -0.0739. The first kappa shape index (κ1) is 15.7. The third-order valence-corrected chi connectivity index (χ3v) is 4.45. The van der Waals surface area contributed by atoms with E-state index in [-0.39, 0.29) is 5.56 Å². The number of aryl methyl sites for hydroxylation is 2. The Balaban J connectivity index is 1.65. The maximum absolute atomic E-state index is 11.5. The monoisotopic (exact) mass is 316 g/mol. The number of nitrogens with one attached hydrogen (secondary N) is 1. The standard InChI is InChI=1S/C16H24N6O/c1-20-10-8-18-15(20)12-17-11-13-5-3-4-9-22(13)14-6-7-16(23)21(2)19-14/h6-8,10,13,17H,3-5,9,11-12H2,1-2H3. The first-order valence-electron chi connectivity index (χ1n) is 8.13. The van der Waals surface area contributed by atoms with Gasteiger partial charge in [0.25, 0.3) is 5.56 Å². The van der Waals surface area contributed by atoms with Crippen molar-refractivity contribution in [2.75, 3.05) is 18.0 Å². The molecule has 0 aliphatic carbocycles. The van der Waals surface area contributed by atoms with Crippen LogP contribution in [0.3, 0.4) is 0 Å². The van der Waals surface area contributed by atoms with Gasteiger partial charge in [0.2, 0.25) is 0 Å². The van der Waals surface area contributed by atoms with Crippen LogP contribution in [0.1, 0.15) is 25.1 Å². The normalized spacial score (nSPS) is 18.3. The van der Waals surface area contributed by atoms with E-state index in [9.17, 15) is 4.79 Å². The fraction of sp³-hybridized carbons (Fsp3) is 0.562. The van der Waals surface area contributed by atoms with Crippen molar-refractivity contribution in [2.45, 2.75) is 31.8 Å². The average molecular weight is 316 g/mol. The summed E-state index contributed by atoms with van der Waals surface area (Å²) in [6.45, 7) is 2.63. The zero-order valence-electron chi connectivity index (χ0n) is 13.8. The Kier molecular flexibility index (Phi) is 4.76. The molecule has 23 heavy (non-hydrogen) atoms. The van der Waals surface area contributed by atoms with Gasteiger partial charge in [-0.3, -0.25) is 4.79 Å². The summed E-state index contributed by atoms with van der Waals surface area (Å²) in [4.78, 5) is 18.2. The molecule has 3 rings (SSSR count). The molecule has 124 valence electrons. The highest BCUT2D eigenvalue weighted by Crippen LogP contribution is 2.21. The molecule has 0 bridgehead atoms. The maximum Gasteiger partial charge on any atom is 0.266 e. The van der Waals surface area contributed by atoms with Crippen molar-refractivity contribution in [2.24, 2.45) is 14.1 Å². The van der Waals surface area contributed by atoms with E-state index < -0.39 is 0 Å². The molecule has 7 nitrogen and oxygen atoms in total. The van der Waals surface area contributed by atoms with E-state index in [4.69, 9.17) is 0 Å². The van der Waals surface area contributed by atoms with Crippen molar-refractivity contribution in [3.63, 3.8) is 0 Å². The summed E-state index contributed by atoms with van der Waals surface area (Å²) in [6, 6.07) is 3.82. The molecule has 0 radical (unpaired) electrons. The fourth-order valence-electron chi connectivity index (χ4n) is 3.07. The number of nitrogens with zero attached hydrogens (tertiary/aromatic N) is 5. The van der Waals surface area contributed by atoms with E-state index in [0.29, 0.717) is 6.04 Å². The summed E-state index contributed by atoms with van der Waals surface area (Å²) in [7, 11) is 3.70. The van der Waals surface area contributed by atoms with Crippen molar-refractivity contribution < 1.29 is 0 Å². The Morgan fingerprint density at radius 2 is 2.17 bits per heavy atom. The highest BCUT2D eigenvalue weighted by atomic mass is 16.1. The van der Waals surface area contributed by atoms with Gasteiger partial charge < -0.3 is 14.8 Å². The molecule has 0 saturated carbocycles. The summed E-state index contributed by atoms with van der Waals surface area (Å²) in [5.41, 5.74) is -0.0739. The quantitative estimate of drug-likeness (QED) is 0.878. The van der Waals surface area contributed by atoms with Gasteiger partial charge in [-0.25, -0.2) is 9.67 Å². The number of rotatable bonds is 5. The summed E-state index contributed by atoms with van der Waals surface area (Å²) in [5.74, 6) is 1.92. The van der Waals surface area contributed by atoms with Crippen molar-refractivity contribution in [3.8, 4) is 0 Å². The number of aromatic nitrogens is 4. The Morgan fingerprint density at radius 3 is 2.91 bits per heavy atom. The van der Waals surface area contributed by atoms with Crippen LogP contribution >= 0.6 is 0 Å². The van der Waals surface area contributed by atoms with E-state index >= 15 is 0 Å². The first-order chi connectivity index (χ1) is 11.1.